The standard InChI is InChI=1S/C11H23ClN2/c1-11(5-6-12)13-7-4-10-14-8-2-3-9-14/h11,13H,2-10H2,1H3. The minimum Gasteiger partial charge on any atom is -0.314 e. The second kappa shape index (κ2) is 7.49. The summed E-state index contributed by atoms with van der Waals surface area (Å²) in [4.78, 5) is 2.56. The maximum Gasteiger partial charge on any atom is 0.0238 e. The molecule has 0 bridgehead atoms. The predicted octanol–water partition coefficient (Wildman–Crippen LogP) is 2.08. The van der Waals surface area contributed by atoms with Gasteiger partial charge in [-0.3, -0.25) is 0 Å². The van der Waals surface area contributed by atoms with E-state index in [1.165, 1.54) is 38.9 Å². The zero-order valence-electron chi connectivity index (χ0n) is 9.27. The van der Waals surface area contributed by atoms with Gasteiger partial charge < -0.3 is 10.2 Å². The van der Waals surface area contributed by atoms with Crippen molar-refractivity contribution in [2.75, 3.05) is 32.1 Å². The van der Waals surface area contributed by atoms with E-state index >= 15 is 0 Å². The Balaban J connectivity index is 1.88. The van der Waals surface area contributed by atoms with E-state index in [1.54, 1.807) is 0 Å². The Kier molecular flexibility index (Phi) is 6.57. The molecule has 1 atom stereocenters. The van der Waals surface area contributed by atoms with Crippen LogP contribution in [0.15, 0.2) is 0 Å². The minimum absolute atomic E-state index is 0.575. The molecular weight excluding hydrogens is 196 g/mol. The maximum absolute atomic E-state index is 5.66. The molecular formula is C11H23ClN2. The van der Waals surface area contributed by atoms with Crippen LogP contribution in [0.1, 0.15) is 32.6 Å². The van der Waals surface area contributed by atoms with Crippen molar-refractivity contribution >= 4 is 11.6 Å². The third-order valence-corrected chi connectivity index (χ3v) is 3.10. The fraction of sp³-hybridized carbons (Fsp3) is 1.00. The summed E-state index contributed by atoms with van der Waals surface area (Å²) in [5, 5.41) is 3.50. The van der Waals surface area contributed by atoms with E-state index in [1.807, 2.05) is 0 Å². The van der Waals surface area contributed by atoms with Gasteiger partial charge in [-0.05, 0) is 58.8 Å². The van der Waals surface area contributed by atoms with E-state index in [0.29, 0.717) is 6.04 Å². The van der Waals surface area contributed by atoms with E-state index in [0.717, 1.165) is 18.8 Å². The summed E-state index contributed by atoms with van der Waals surface area (Å²) in [7, 11) is 0. The second-order valence-electron chi connectivity index (χ2n) is 4.24. The SMILES string of the molecule is CC(CCCl)NCCCN1CCCC1. The smallest absolute Gasteiger partial charge is 0.0238 e. The van der Waals surface area contributed by atoms with Crippen LogP contribution in [0.3, 0.4) is 0 Å². The molecule has 1 saturated heterocycles. The molecule has 0 aromatic rings. The van der Waals surface area contributed by atoms with Crippen LogP contribution in [0.5, 0.6) is 0 Å². The Morgan fingerprint density at radius 3 is 2.71 bits per heavy atom. The largest absolute Gasteiger partial charge is 0.314 e. The van der Waals surface area contributed by atoms with Crippen molar-refractivity contribution in [3.05, 3.63) is 0 Å². The van der Waals surface area contributed by atoms with Crippen LogP contribution in [0.2, 0.25) is 0 Å². The summed E-state index contributed by atoms with van der Waals surface area (Å²) < 4.78 is 0. The van der Waals surface area contributed by atoms with Crippen LogP contribution in [-0.2, 0) is 0 Å². The molecule has 0 aliphatic carbocycles. The molecule has 0 radical (unpaired) electrons. The number of hydrogen-bond donors (Lipinski definition) is 1. The van der Waals surface area contributed by atoms with E-state index in [2.05, 4.69) is 17.1 Å². The third-order valence-electron chi connectivity index (χ3n) is 2.88. The lowest BCUT2D eigenvalue weighted by Gasteiger charge is -2.16. The topological polar surface area (TPSA) is 15.3 Å². The summed E-state index contributed by atoms with van der Waals surface area (Å²) in [6.07, 6.45) is 5.14. The van der Waals surface area contributed by atoms with Gasteiger partial charge in [0.15, 0.2) is 0 Å². The van der Waals surface area contributed by atoms with Crippen molar-refractivity contribution < 1.29 is 0 Å². The normalized spacial score (nSPS) is 20.1. The Morgan fingerprint density at radius 2 is 2.07 bits per heavy atom. The summed E-state index contributed by atoms with van der Waals surface area (Å²) in [5.41, 5.74) is 0. The highest BCUT2D eigenvalue weighted by atomic mass is 35.5. The van der Waals surface area contributed by atoms with Crippen LogP contribution in [0.4, 0.5) is 0 Å². The lowest BCUT2D eigenvalue weighted by atomic mass is 10.2. The number of likely N-dealkylation sites (tertiary alicyclic amines) is 1. The lowest BCUT2D eigenvalue weighted by molar-refractivity contribution is 0.328. The van der Waals surface area contributed by atoms with E-state index < -0.39 is 0 Å². The molecule has 14 heavy (non-hydrogen) atoms. The fourth-order valence-corrected chi connectivity index (χ4v) is 2.25. The van der Waals surface area contributed by atoms with Crippen LogP contribution >= 0.6 is 11.6 Å². The third kappa shape index (κ3) is 5.18. The fourth-order valence-electron chi connectivity index (χ4n) is 1.92. The van der Waals surface area contributed by atoms with Crippen molar-refractivity contribution in [2.24, 2.45) is 0 Å². The molecule has 1 N–H and O–H groups in total. The number of halogens is 1. The van der Waals surface area contributed by atoms with Crippen LogP contribution in [-0.4, -0.2) is 43.0 Å². The maximum atomic E-state index is 5.66. The molecule has 0 amide bonds. The van der Waals surface area contributed by atoms with E-state index in [4.69, 9.17) is 11.6 Å². The van der Waals surface area contributed by atoms with Gasteiger partial charge in [0, 0.05) is 11.9 Å². The molecule has 3 heteroatoms. The number of rotatable bonds is 7. The highest BCUT2D eigenvalue weighted by molar-refractivity contribution is 6.17. The van der Waals surface area contributed by atoms with Gasteiger partial charge in [0.1, 0.15) is 0 Å². The Hall–Kier alpha value is 0.210. The van der Waals surface area contributed by atoms with Crippen molar-refractivity contribution in [3.63, 3.8) is 0 Å². The first-order chi connectivity index (χ1) is 6.83. The number of hydrogen-bond acceptors (Lipinski definition) is 2. The van der Waals surface area contributed by atoms with Crippen LogP contribution < -0.4 is 5.32 Å². The molecule has 1 unspecified atom stereocenters. The molecule has 0 aromatic carbocycles. The van der Waals surface area contributed by atoms with E-state index in [-0.39, 0.29) is 0 Å². The number of nitrogens with zero attached hydrogens (tertiary/aromatic N) is 1. The molecule has 1 aliphatic heterocycles. The Morgan fingerprint density at radius 1 is 1.36 bits per heavy atom. The van der Waals surface area contributed by atoms with Crippen LogP contribution in [0, 0.1) is 0 Å². The van der Waals surface area contributed by atoms with Crippen molar-refractivity contribution in [2.45, 2.75) is 38.6 Å². The van der Waals surface area contributed by atoms with Gasteiger partial charge in [-0.2, -0.15) is 0 Å². The number of nitrogens with one attached hydrogen (secondary N) is 1. The first-order valence-electron chi connectivity index (χ1n) is 5.84. The first kappa shape index (κ1) is 12.3. The quantitative estimate of drug-likeness (QED) is 0.520. The number of alkyl halides is 1. The molecule has 0 spiro atoms. The van der Waals surface area contributed by atoms with E-state index in [9.17, 15) is 0 Å². The van der Waals surface area contributed by atoms with Gasteiger partial charge in [-0.15, -0.1) is 11.6 Å². The zero-order chi connectivity index (χ0) is 10.2. The molecule has 0 saturated carbocycles. The highest BCUT2D eigenvalue weighted by Gasteiger charge is 2.10. The average molecular weight is 219 g/mol. The van der Waals surface area contributed by atoms with Crippen molar-refractivity contribution in [3.8, 4) is 0 Å². The average Bonchev–Trinajstić information content (AvgIpc) is 2.65. The summed E-state index contributed by atoms with van der Waals surface area (Å²) in [5.74, 6) is 0.764. The van der Waals surface area contributed by atoms with Gasteiger partial charge in [-0.1, -0.05) is 0 Å². The molecule has 2 nitrogen and oxygen atoms in total. The molecule has 1 aliphatic rings. The minimum atomic E-state index is 0.575. The van der Waals surface area contributed by atoms with Gasteiger partial charge in [0.05, 0.1) is 0 Å². The van der Waals surface area contributed by atoms with Gasteiger partial charge in [-0.25, -0.2) is 0 Å². The molecule has 1 fully saturated rings. The van der Waals surface area contributed by atoms with Gasteiger partial charge in [0.2, 0.25) is 0 Å². The predicted molar refractivity (Wildman–Crippen MR) is 63.1 cm³/mol. The monoisotopic (exact) mass is 218 g/mol. The lowest BCUT2D eigenvalue weighted by Crippen LogP contribution is -2.30. The summed E-state index contributed by atoms with van der Waals surface area (Å²) in [6, 6.07) is 0.575. The zero-order valence-corrected chi connectivity index (χ0v) is 10.0. The first-order valence-corrected chi connectivity index (χ1v) is 6.38. The van der Waals surface area contributed by atoms with Gasteiger partial charge in [0.25, 0.3) is 0 Å². The molecule has 1 heterocycles. The van der Waals surface area contributed by atoms with Crippen molar-refractivity contribution in [1.29, 1.82) is 0 Å². The Labute approximate surface area is 93.0 Å². The molecule has 0 aromatic heterocycles. The highest BCUT2D eigenvalue weighted by Crippen LogP contribution is 2.06. The van der Waals surface area contributed by atoms with Crippen LogP contribution in [0.25, 0.3) is 0 Å². The summed E-state index contributed by atoms with van der Waals surface area (Å²) >= 11 is 5.66. The molecule has 84 valence electrons. The van der Waals surface area contributed by atoms with Gasteiger partial charge >= 0.3 is 0 Å². The molecule has 1 rings (SSSR count). The second-order valence-corrected chi connectivity index (χ2v) is 4.61. The van der Waals surface area contributed by atoms with Crippen molar-refractivity contribution in [1.82, 2.24) is 10.2 Å². The Bertz CT molecular complexity index is 135. The summed E-state index contributed by atoms with van der Waals surface area (Å²) in [6.45, 7) is 7.24.